The molecule has 2 rings (SSSR count). The molecule has 0 aliphatic carbocycles. The van der Waals surface area contributed by atoms with Gasteiger partial charge in [-0.1, -0.05) is 34.1 Å². The number of rotatable bonds is 6. The number of nitrogens with zero attached hydrogens (tertiary/aromatic N) is 1. The van der Waals surface area contributed by atoms with Crippen LogP contribution < -0.4 is 5.32 Å². The summed E-state index contributed by atoms with van der Waals surface area (Å²) in [6.07, 6.45) is 4.37. The Hall–Kier alpha value is -1.17. The van der Waals surface area contributed by atoms with E-state index in [0.717, 1.165) is 49.3 Å². The predicted octanol–water partition coefficient (Wildman–Crippen LogP) is 2.30. The monoisotopic (exact) mass is 352 g/mol. The fraction of sp³-hybridized carbons (Fsp3) is 0.438. The van der Waals surface area contributed by atoms with Crippen molar-refractivity contribution in [1.82, 2.24) is 10.2 Å². The SMILES string of the molecule is O=C(C=Cc1ccccc1Br)NCCCN1CCOCC1. The van der Waals surface area contributed by atoms with Crippen LogP contribution in [0.25, 0.3) is 6.08 Å². The van der Waals surface area contributed by atoms with E-state index in [9.17, 15) is 4.79 Å². The summed E-state index contributed by atoms with van der Waals surface area (Å²) in [6, 6.07) is 7.82. The fourth-order valence-corrected chi connectivity index (χ4v) is 2.59. The van der Waals surface area contributed by atoms with Crippen molar-refractivity contribution in [3.63, 3.8) is 0 Å². The summed E-state index contributed by atoms with van der Waals surface area (Å²) in [4.78, 5) is 14.1. The molecule has 0 aromatic heterocycles. The number of halogens is 1. The van der Waals surface area contributed by atoms with Gasteiger partial charge in [0.2, 0.25) is 5.91 Å². The van der Waals surface area contributed by atoms with Crippen molar-refractivity contribution < 1.29 is 9.53 Å². The van der Waals surface area contributed by atoms with Crippen LogP contribution in [0.2, 0.25) is 0 Å². The zero-order valence-corrected chi connectivity index (χ0v) is 13.6. The Morgan fingerprint density at radius 2 is 2.10 bits per heavy atom. The molecule has 21 heavy (non-hydrogen) atoms. The van der Waals surface area contributed by atoms with Gasteiger partial charge in [0.25, 0.3) is 0 Å². The van der Waals surface area contributed by atoms with Gasteiger partial charge in [0.1, 0.15) is 0 Å². The minimum atomic E-state index is -0.0484. The quantitative estimate of drug-likeness (QED) is 0.630. The molecule has 1 aliphatic rings. The molecule has 0 bridgehead atoms. The highest BCUT2D eigenvalue weighted by molar-refractivity contribution is 9.10. The highest BCUT2D eigenvalue weighted by atomic mass is 79.9. The molecule has 0 radical (unpaired) electrons. The van der Waals surface area contributed by atoms with E-state index in [-0.39, 0.29) is 5.91 Å². The summed E-state index contributed by atoms with van der Waals surface area (Å²) >= 11 is 3.46. The molecule has 1 aromatic rings. The molecule has 114 valence electrons. The van der Waals surface area contributed by atoms with Gasteiger partial charge >= 0.3 is 0 Å². The number of benzene rings is 1. The summed E-state index contributed by atoms with van der Waals surface area (Å²) in [5.74, 6) is -0.0484. The van der Waals surface area contributed by atoms with E-state index in [1.54, 1.807) is 6.08 Å². The zero-order valence-electron chi connectivity index (χ0n) is 12.1. The molecule has 1 N–H and O–H groups in total. The average Bonchev–Trinajstić information content (AvgIpc) is 2.52. The zero-order chi connectivity index (χ0) is 14.9. The third kappa shape index (κ3) is 5.99. The van der Waals surface area contributed by atoms with Crippen LogP contribution >= 0.6 is 15.9 Å². The summed E-state index contributed by atoms with van der Waals surface area (Å²) < 4.78 is 6.29. The van der Waals surface area contributed by atoms with Gasteiger partial charge in [0.15, 0.2) is 0 Å². The Morgan fingerprint density at radius 1 is 1.33 bits per heavy atom. The molecule has 1 saturated heterocycles. The van der Waals surface area contributed by atoms with Crippen LogP contribution in [0.4, 0.5) is 0 Å². The summed E-state index contributed by atoms with van der Waals surface area (Å²) in [5.41, 5.74) is 1.00. The maximum absolute atomic E-state index is 11.7. The van der Waals surface area contributed by atoms with Gasteiger partial charge in [-0.15, -0.1) is 0 Å². The van der Waals surface area contributed by atoms with Crippen LogP contribution in [0.1, 0.15) is 12.0 Å². The topological polar surface area (TPSA) is 41.6 Å². The third-order valence-corrected chi connectivity index (χ3v) is 4.10. The van der Waals surface area contributed by atoms with Crippen LogP contribution in [0.5, 0.6) is 0 Å². The minimum absolute atomic E-state index is 0.0484. The van der Waals surface area contributed by atoms with E-state index in [1.807, 2.05) is 30.3 Å². The van der Waals surface area contributed by atoms with Crippen molar-refractivity contribution in [3.05, 3.63) is 40.4 Å². The van der Waals surface area contributed by atoms with Gasteiger partial charge in [-0.3, -0.25) is 9.69 Å². The van der Waals surface area contributed by atoms with E-state index >= 15 is 0 Å². The Kier molecular flexibility index (Phi) is 6.92. The molecule has 1 aromatic carbocycles. The second-order valence-electron chi connectivity index (χ2n) is 4.95. The Morgan fingerprint density at radius 3 is 2.86 bits per heavy atom. The van der Waals surface area contributed by atoms with Crippen molar-refractivity contribution in [3.8, 4) is 0 Å². The normalized spacial score (nSPS) is 16.2. The number of morpholine rings is 1. The molecule has 4 nitrogen and oxygen atoms in total. The van der Waals surface area contributed by atoms with Gasteiger partial charge in [-0.25, -0.2) is 0 Å². The second-order valence-corrected chi connectivity index (χ2v) is 5.81. The van der Waals surface area contributed by atoms with Gasteiger partial charge in [0.05, 0.1) is 13.2 Å². The maximum atomic E-state index is 11.7. The smallest absolute Gasteiger partial charge is 0.244 e. The van der Waals surface area contributed by atoms with E-state index in [0.29, 0.717) is 6.54 Å². The first-order valence-corrected chi connectivity index (χ1v) is 8.05. The number of hydrogen-bond acceptors (Lipinski definition) is 3. The van der Waals surface area contributed by atoms with Crippen molar-refractivity contribution in [2.45, 2.75) is 6.42 Å². The van der Waals surface area contributed by atoms with Crippen molar-refractivity contribution in [2.24, 2.45) is 0 Å². The van der Waals surface area contributed by atoms with Crippen molar-refractivity contribution in [2.75, 3.05) is 39.4 Å². The number of ether oxygens (including phenoxy) is 1. The molecule has 0 spiro atoms. The average molecular weight is 353 g/mol. The van der Waals surface area contributed by atoms with E-state index < -0.39 is 0 Å². The molecular formula is C16H21BrN2O2. The largest absolute Gasteiger partial charge is 0.379 e. The fourth-order valence-electron chi connectivity index (χ4n) is 2.17. The number of carbonyl (C=O) groups is 1. The molecule has 5 heteroatoms. The Balaban J connectivity index is 1.64. The Bertz CT molecular complexity index is 485. The lowest BCUT2D eigenvalue weighted by molar-refractivity contribution is -0.116. The molecule has 1 fully saturated rings. The third-order valence-electron chi connectivity index (χ3n) is 3.37. The lowest BCUT2D eigenvalue weighted by atomic mass is 10.2. The lowest BCUT2D eigenvalue weighted by Gasteiger charge is -2.26. The Labute approximate surface area is 134 Å². The first-order chi connectivity index (χ1) is 10.3. The molecule has 1 aliphatic heterocycles. The van der Waals surface area contributed by atoms with Crippen LogP contribution in [0, 0.1) is 0 Å². The number of amides is 1. The van der Waals surface area contributed by atoms with Gasteiger partial charge in [-0.05, 0) is 30.7 Å². The number of hydrogen-bond donors (Lipinski definition) is 1. The first-order valence-electron chi connectivity index (χ1n) is 7.26. The predicted molar refractivity (Wildman–Crippen MR) is 88.1 cm³/mol. The first kappa shape index (κ1) is 16.2. The van der Waals surface area contributed by atoms with Crippen molar-refractivity contribution in [1.29, 1.82) is 0 Å². The molecule has 0 atom stereocenters. The summed E-state index contributed by atoms with van der Waals surface area (Å²) in [6.45, 7) is 5.35. The van der Waals surface area contributed by atoms with E-state index in [2.05, 4.69) is 26.1 Å². The maximum Gasteiger partial charge on any atom is 0.244 e. The van der Waals surface area contributed by atoms with Crippen molar-refractivity contribution >= 4 is 27.9 Å². The van der Waals surface area contributed by atoms with Gasteiger partial charge in [0, 0.05) is 30.2 Å². The van der Waals surface area contributed by atoms with Crippen LogP contribution in [-0.4, -0.2) is 50.2 Å². The molecule has 1 heterocycles. The second kappa shape index (κ2) is 8.97. The standard InChI is InChI=1S/C16H21BrN2O2/c17-15-5-2-1-4-14(15)6-7-16(20)18-8-3-9-19-10-12-21-13-11-19/h1-2,4-7H,3,8-13H2,(H,18,20). The minimum Gasteiger partial charge on any atom is -0.379 e. The van der Waals surface area contributed by atoms with E-state index in [1.165, 1.54) is 0 Å². The van der Waals surface area contributed by atoms with Gasteiger partial charge in [-0.2, -0.15) is 0 Å². The van der Waals surface area contributed by atoms with Crippen LogP contribution in [0.15, 0.2) is 34.8 Å². The van der Waals surface area contributed by atoms with Crippen LogP contribution in [0.3, 0.4) is 0 Å². The molecule has 0 unspecified atom stereocenters. The lowest BCUT2D eigenvalue weighted by Crippen LogP contribution is -2.38. The molecule has 1 amide bonds. The molecule has 0 saturated carbocycles. The number of nitrogens with one attached hydrogen (secondary N) is 1. The summed E-state index contributed by atoms with van der Waals surface area (Å²) in [5, 5.41) is 2.91. The molecular weight excluding hydrogens is 332 g/mol. The number of carbonyl (C=O) groups excluding carboxylic acids is 1. The highest BCUT2D eigenvalue weighted by Gasteiger charge is 2.09. The van der Waals surface area contributed by atoms with E-state index in [4.69, 9.17) is 4.74 Å². The summed E-state index contributed by atoms with van der Waals surface area (Å²) in [7, 11) is 0. The van der Waals surface area contributed by atoms with Gasteiger partial charge < -0.3 is 10.1 Å². The van der Waals surface area contributed by atoms with Crippen LogP contribution in [-0.2, 0) is 9.53 Å². The highest BCUT2D eigenvalue weighted by Crippen LogP contribution is 2.16.